The number of aliphatic hydroxyl groups excluding tert-OH is 2. The van der Waals surface area contributed by atoms with Crippen molar-refractivity contribution in [2.24, 2.45) is 0 Å². The Morgan fingerprint density at radius 3 is 3.06 bits per heavy atom. The summed E-state index contributed by atoms with van der Waals surface area (Å²) in [6.45, 7) is 2.08. The van der Waals surface area contributed by atoms with Crippen LogP contribution in [0.3, 0.4) is 0 Å². The van der Waals surface area contributed by atoms with Crippen molar-refractivity contribution in [3.63, 3.8) is 0 Å². The number of nitrogens with one attached hydrogen (secondary N) is 1. The Morgan fingerprint density at radius 1 is 1.47 bits per heavy atom. The van der Waals surface area contributed by atoms with Crippen LogP contribution in [-0.2, 0) is 4.74 Å². The molecule has 1 atom stereocenters. The molecule has 0 amide bonds. The van der Waals surface area contributed by atoms with Gasteiger partial charge in [0.05, 0.1) is 31.5 Å². The van der Waals surface area contributed by atoms with Crippen LogP contribution >= 0.6 is 11.7 Å². The number of nitrogens with zero attached hydrogens (tertiary/aromatic N) is 2. The van der Waals surface area contributed by atoms with Gasteiger partial charge in [0.25, 0.3) is 0 Å². The van der Waals surface area contributed by atoms with Crippen LogP contribution in [0.5, 0.6) is 5.88 Å². The average Bonchev–Trinajstić information content (AvgIpc) is 2.84. The van der Waals surface area contributed by atoms with Crippen LogP contribution in [0, 0.1) is 0 Å². The van der Waals surface area contributed by atoms with Crippen molar-refractivity contribution in [2.75, 3.05) is 39.5 Å². The summed E-state index contributed by atoms with van der Waals surface area (Å²) in [5.41, 5.74) is 0. The Labute approximate surface area is 104 Å². The lowest BCUT2D eigenvalue weighted by molar-refractivity contribution is 0.0836. The second-order valence-corrected chi connectivity index (χ2v) is 3.81. The summed E-state index contributed by atoms with van der Waals surface area (Å²) in [5, 5.41) is 21.0. The molecular formula is C9H17N3O4S. The second kappa shape index (κ2) is 9.25. The SMILES string of the molecule is OCCOCCNCC(O)COc1cnsn1. The van der Waals surface area contributed by atoms with Crippen molar-refractivity contribution in [3.05, 3.63) is 6.20 Å². The normalized spacial score (nSPS) is 12.6. The molecule has 1 aromatic heterocycles. The van der Waals surface area contributed by atoms with E-state index in [1.54, 1.807) is 0 Å². The molecule has 0 aromatic carbocycles. The Balaban J connectivity index is 1.92. The molecule has 0 saturated heterocycles. The van der Waals surface area contributed by atoms with Gasteiger partial charge in [0, 0.05) is 13.1 Å². The van der Waals surface area contributed by atoms with E-state index >= 15 is 0 Å². The summed E-state index contributed by atoms with van der Waals surface area (Å²) in [6.07, 6.45) is 0.905. The van der Waals surface area contributed by atoms with E-state index in [1.807, 2.05) is 0 Å². The maximum Gasteiger partial charge on any atom is 0.245 e. The summed E-state index contributed by atoms with van der Waals surface area (Å²) in [7, 11) is 0. The largest absolute Gasteiger partial charge is 0.473 e. The molecule has 1 unspecified atom stereocenters. The highest BCUT2D eigenvalue weighted by Gasteiger charge is 2.05. The lowest BCUT2D eigenvalue weighted by Gasteiger charge is -2.11. The van der Waals surface area contributed by atoms with Gasteiger partial charge < -0.3 is 25.0 Å². The van der Waals surface area contributed by atoms with Crippen molar-refractivity contribution in [1.82, 2.24) is 14.1 Å². The van der Waals surface area contributed by atoms with Crippen LogP contribution in [0.15, 0.2) is 6.20 Å². The van der Waals surface area contributed by atoms with E-state index in [-0.39, 0.29) is 13.2 Å². The number of ether oxygens (including phenoxy) is 2. The van der Waals surface area contributed by atoms with E-state index in [0.717, 1.165) is 11.7 Å². The fourth-order valence-electron chi connectivity index (χ4n) is 1.04. The number of aliphatic hydroxyl groups is 2. The van der Waals surface area contributed by atoms with Gasteiger partial charge in [-0.25, -0.2) is 0 Å². The third-order valence-corrected chi connectivity index (χ3v) is 2.26. The fourth-order valence-corrected chi connectivity index (χ4v) is 1.40. The maximum atomic E-state index is 9.54. The van der Waals surface area contributed by atoms with E-state index in [0.29, 0.717) is 32.2 Å². The second-order valence-electron chi connectivity index (χ2n) is 3.25. The minimum Gasteiger partial charge on any atom is -0.473 e. The summed E-state index contributed by atoms with van der Waals surface area (Å²) in [4.78, 5) is 0. The Hall–Kier alpha value is -0.800. The first kappa shape index (κ1) is 14.3. The summed E-state index contributed by atoms with van der Waals surface area (Å²) < 4.78 is 17.9. The van der Waals surface area contributed by atoms with Gasteiger partial charge in [-0.15, -0.1) is 4.37 Å². The van der Waals surface area contributed by atoms with Crippen molar-refractivity contribution < 1.29 is 19.7 Å². The van der Waals surface area contributed by atoms with Crippen LogP contribution in [0.25, 0.3) is 0 Å². The van der Waals surface area contributed by atoms with Crippen LogP contribution in [0.2, 0.25) is 0 Å². The van der Waals surface area contributed by atoms with Gasteiger partial charge >= 0.3 is 0 Å². The standard InChI is InChI=1S/C9H17N3O4S/c13-2-4-15-3-1-10-5-8(14)7-16-9-6-11-17-12-9/h6,8,10,13-14H,1-5,7H2. The Morgan fingerprint density at radius 2 is 2.35 bits per heavy atom. The Bertz CT molecular complexity index is 273. The van der Waals surface area contributed by atoms with Crippen LogP contribution in [0.1, 0.15) is 0 Å². The van der Waals surface area contributed by atoms with Crippen molar-refractivity contribution in [1.29, 1.82) is 0 Å². The van der Waals surface area contributed by atoms with E-state index in [9.17, 15) is 5.11 Å². The first-order valence-electron chi connectivity index (χ1n) is 5.30. The Kier molecular flexibility index (Phi) is 7.76. The molecule has 0 saturated carbocycles. The number of hydrogen-bond donors (Lipinski definition) is 3. The fraction of sp³-hybridized carbons (Fsp3) is 0.778. The highest BCUT2D eigenvalue weighted by Crippen LogP contribution is 2.04. The van der Waals surface area contributed by atoms with Crippen LogP contribution in [0.4, 0.5) is 0 Å². The molecule has 98 valence electrons. The van der Waals surface area contributed by atoms with Gasteiger partial charge in [0.2, 0.25) is 5.88 Å². The van der Waals surface area contributed by atoms with Crippen molar-refractivity contribution in [2.45, 2.75) is 6.10 Å². The summed E-state index contributed by atoms with van der Waals surface area (Å²) >= 11 is 1.06. The summed E-state index contributed by atoms with van der Waals surface area (Å²) in [5.74, 6) is 0.431. The number of aromatic nitrogens is 2. The monoisotopic (exact) mass is 263 g/mol. The number of rotatable bonds is 10. The van der Waals surface area contributed by atoms with Gasteiger partial charge in [-0.1, -0.05) is 0 Å². The van der Waals surface area contributed by atoms with Crippen LogP contribution in [-0.4, -0.2) is 64.6 Å². The molecule has 1 rings (SSSR count). The molecule has 17 heavy (non-hydrogen) atoms. The highest BCUT2D eigenvalue weighted by molar-refractivity contribution is 6.99. The predicted octanol–water partition coefficient (Wildman–Crippen LogP) is -1.12. The zero-order valence-corrected chi connectivity index (χ0v) is 10.2. The van der Waals surface area contributed by atoms with Gasteiger partial charge in [-0.2, -0.15) is 4.37 Å². The van der Waals surface area contributed by atoms with E-state index in [4.69, 9.17) is 14.6 Å². The highest BCUT2D eigenvalue weighted by atomic mass is 32.1. The van der Waals surface area contributed by atoms with Gasteiger partial charge in [-0.3, -0.25) is 0 Å². The first-order valence-corrected chi connectivity index (χ1v) is 6.03. The molecule has 0 aliphatic heterocycles. The third kappa shape index (κ3) is 7.18. The molecule has 7 nitrogen and oxygen atoms in total. The van der Waals surface area contributed by atoms with E-state index in [1.165, 1.54) is 6.20 Å². The molecular weight excluding hydrogens is 246 g/mol. The molecule has 8 heteroatoms. The van der Waals surface area contributed by atoms with Gasteiger partial charge in [0.1, 0.15) is 18.9 Å². The molecule has 1 heterocycles. The molecule has 3 N–H and O–H groups in total. The molecule has 0 aliphatic carbocycles. The average molecular weight is 263 g/mol. The molecule has 0 fully saturated rings. The van der Waals surface area contributed by atoms with Gasteiger partial charge in [-0.05, 0) is 0 Å². The zero-order valence-electron chi connectivity index (χ0n) is 9.41. The van der Waals surface area contributed by atoms with Crippen molar-refractivity contribution in [3.8, 4) is 5.88 Å². The van der Waals surface area contributed by atoms with Crippen molar-refractivity contribution >= 4 is 11.7 Å². The quantitative estimate of drug-likeness (QED) is 0.460. The third-order valence-electron chi connectivity index (χ3n) is 1.80. The number of hydrogen-bond acceptors (Lipinski definition) is 8. The maximum absolute atomic E-state index is 9.54. The molecule has 0 radical (unpaired) electrons. The minimum atomic E-state index is -0.602. The molecule has 0 spiro atoms. The lowest BCUT2D eigenvalue weighted by Crippen LogP contribution is -2.33. The smallest absolute Gasteiger partial charge is 0.245 e. The summed E-state index contributed by atoms with van der Waals surface area (Å²) in [6, 6.07) is 0. The molecule has 0 bridgehead atoms. The van der Waals surface area contributed by atoms with E-state index < -0.39 is 6.10 Å². The predicted molar refractivity (Wildman–Crippen MR) is 62.2 cm³/mol. The van der Waals surface area contributed by atoms with Crippen LogP contribution < -0.4 is 10.1 Å². The first-order chi connectivity index (χ1) is 8.33. The molecule has 0 aliphatic rings. The van der Waals surface area contributed by atoms with Gasteiger partial charge in [0.15, 0.2) is 0 Å². The minimum absolute atomic E-state index is 0.0259. The lowest BCUT2D eigenvalue weighted by atomic mass is 10.4. The zero-order chi connectivity index (χ0) is 12.3. The van der Waals surface area contributed by atoms with E-state index in [2.05, 4.69) is 14.1 Å². The topological polar surface area (TPSA) is 96.7 Å². The molecule has 1 aromatic rings.